The van der Waals surface area contributed by atoms with Gasteiger partial charge >= 0.3 is 0 Å². The summed E-state index contributed by atoms with van der Waals surface area (Å²) in [5.41, 5.74) is 3.81. The number of pyridine rings is 1. The van der Waals surface area contributed by atoms with Crippen molar-refractivity contribution in [2.45, 2.75) is 13.8 Å². The molecule has 26 heavy (non-hydrogen) atoms. The van der Waals surface area contributed by atoms with Gasteiger partial charge in [0.2, 0.25) is 0 Å². The van der Waals surface area contributed by atoms with Crippen LogP contribution in [0.15, 0.2) is 54.7 Å². The molecule has 0 saturated heterocycles. The molecule has 0 aliphatic heterocycles. The van der Waals surface area contributed by atoms with Gasteiger partial charge in [0.15, 0.2) is 11.6 Å². The van der Waals surface area contributed by atoms with Crippen LogP contribution in [0.25, 0.3) is 0 Å². The van der Waals surface area contributed by atoms with E-state index in [9.17, 15) is 13.6 Å². The number of hydrogen-bond acceptors (Lipinski definition) is 3. The van der Waals surface area contributed by atoms with E-state index in [0.717, 1.165) is 28.9 Å². The standard InChI is InChI=1S/C20H17F2N3O/c1-12-3-4-13(2)18(9-12)25-20(26)19-11-15(7-8-23-19)24-14-5-6-16(21)17(22)10-14/h3-11H,1-2H3,(H,23,24)(H,25,26). The van der Waals surface area contributed by atoms with Gasteiger partial charge in [-0.2, -0.15) is 0 Å². The maximum Gasteiger partial charge on any atom is 0.274 e. The van der Waals surface area contributed by atoms with E-state index in [4.69, 9.17) is 0 Å². The molecule has 0 atom stereocenters. The summed E-state index contributed by atoms with van der Waals surface area (Å²) < 4.78 is 26.3. The Labute approximate surface area is 149 Å². The number of rotatable bonds is 4. The highest BCUT2D eigenvalue weighted by Gasteiger charge is 2.11. The van der Waals surface area contributed by atoms with Crippen LogP contribution >= 0.6 is 0 Å². The van der Waals surface area contributed by atoms with Crippen LogP contribution in [0.4, 0.5) is 25.8 Å². The zero-order valence-corrected chi connectivity index (χ0v) is 14.3. The number of halogens is 2. The molecule has 6 heteroatoms. The Morgan fingerprint density at radius 3 is 2.46 bits per heavy atom. The van der Waals surface area contributed by atoms with Crippen molar-refractivity contribution in [3.8, 4) is 0 Å². The zero-order chi connectivity index (χ0) is 18.7. The van der Waals surface area contributed by atoms with Gasteiger partial charge in [-0.05, 0) is 55.3 Å². The predicted octanol–water partition coefficient (Wildman–Crippen LogP) is 4.97. The molecule has 2 N–H and O–H groups in total. The summed E-state index contributed by atoms with van der Waals surface area (Å²) in [4.78, 5) is 16.5. The molecule has 0 radical (unpaired) electrons. The van der Waals surface area contributed by atoms with Gasteiger partial charge in [0.1, 0.15) is 5.69 Å². The second-order valence-corrected chi connectivity index (χ2v) is 5.96. The van der Waals surface area contributed by atoms with Crippen molar-refractivity contribution in [2.24, 2.45) is 0 Å². The molecule has 3 aromatic rings. The maximum absolute atomic E-state index is 13.3. The maximum atomic E-state index is 13.3. The molecule has 2 aromatic carbocycles. The van der Waals surface area contributed by atoms with E-state index >= 15 is 0 Å². The van der Waals surface area contributed by atoms with Gasteiger partial charge in [0.05, 0.1) is 0 Å². The lowest BCUT2D eigenvalue weighted by Gasteiger charge is -2.11. The molecule has 1 amide bonds. The highest BCUT2D eigenvalue weighted by Crippen LogP contribution is 2.21. The van der Waals surface area contributed by atoms with E-state index in [-0.39, 0.29) is 11.6 Å². The van der Waals surface area contributed by atoms with Crippen LogP contribution in [0.1, 0.15) is 21.6 Å². The molecule has 0 aliphatic carbocycles. The second kappa shape index (κ2) is 7.31. The molecule has 132 valence electrons. The molecular formula is C20H17F2N3O. The number of aromatic nitrogens is 1. The average molecular weight is 353 g/mol. The fourth-order valence-corrected chi connectivity index (χ4v) is 2.43. The number of amides is 1. The van der Waals surface area contributed by atoms with Crippen molar-refractivity contribution >= 4 is 23.0 Å². The van der Waals surface area contributed by atoms with Gasteiger partial charge in [-0.1, -0.05) is 12.1 Å². The van der Waals surface area contributed by atoms with Gasteiger partial charge in [-0.15, -0.1) is 0 Å². The summed E-state index contributed by atoms with van der Waals surface area (Å²) in [6.45, 7) is 3.85. The van der Waals surface area contributed by atoms with Crippen molar-refractivity contribution in [3.05, 3.63) is 83.2 Å². The number of nitrogens with zero attached hydrogens (tertiary/aromatic N) is 1. The summed E-state index contributed by atoms with van der Waals surface area (Å²) in [6, 6.07) is 12.5. The molecule has 0 bridgehead atoms. The van der Waals surface area contributed by atoms with Crippen LogP contribution in [0, 0.1) is 25.5 Å². The highest BCUT2D eigenvalue weighted by atomic mass is 19.2. The first-order valence-electron chi connectivity index (χ1n) is 7.99. The molecule has 0 unspecified atom stereocenters. The van der Waals surface area contributed by atoms with E-state index in [1.165, 1.54) is 12.3 Å². The van der Waals surface area contributed by atoms with E-state index in [1.807, 2.05) is 32.0 Å². The van der Waals surface area contributed by atoms with Crippen molar-refractivity contribution < 1.29 is 13.6 Å². The summed E-state index contributed by atoms with van der Waals surface area (Å²) in [6.07, 6.45) is 1.47. The van der Waals surface area contributed by atoms with E-state index in [0.29, 0.717) is 11.4 Å². The number of aryl methyl sites for hydroxylation is 2. The summed E-state index contributed by atoms with van der Waals surface area (Å²) >= 11 is 0. The smallest absolute Gasteiger partial charge is 0.274 e. The topological polar surface area (TPSA) is 54.0 Å². The fourth-order valence-electron chi connectivity index (χ4n) is 2.43. The third kappa shape index (κ3) is 4.03. The molecule has 0 saturated carbocycles. The first-order chi connectivity index (χ1) is 12.4. The number of carbonyl (C=O) groups excluding carboxylic acids is 1. The average Bonchev–Trinajstić information content (AvgIpc) is 2.61. The van der Waals surface area contributed by atoms with Crippen LogP contribution in [0.3, 0.4) is 0 Å². The molecule has 0 fully saturated rings. The lowest BCUT2D eigenvalue weighted by Crippen LogP contribution is -2.14. The second-order valence-electron chi connectivity index (χ2n) is 5.96. The van der Waals surface area contributed by atoms with E-state index < -0.39 is 11.6 Å². The summed E-state index contributed by atoms with van der Waals surface area (Å²) in [5.74, 6) is -2.22. The Morgan fingerprint density at radius 2 is 1.69 bits per heavy atom. The van der Waals surface area contributed by atoms with Crippen molar-refractivity contribution in [1.29, 1.82) is 0 Å². The minimum Gasteiger partial charge on any atom is -0.355 e. The summed E-state index contributed by atoms with van der Waals surface area (Å²) in [7, 11) is 0. The van der Waals surface area contributed by atoms with Gasteiger partial charge in [-0.3, -0.25) is 9.78 Å². The molecule has 0 spiro atoms. The number of carbonyl (C=O) groups is 1. The van der Waals surface area contributed by atoms with Gasteiger partial charge in [-0.25, -0.2) is 8.78 Å². The first-order valence-corrected chi connectivity index (χ1v) is 7.99. The number of anilines is 3. The normalized spacial score (nSPS) is 10.5. The lowest BCUT2D eigenvalue weighted by atomic mass is 10.1. The monoisotopic (exact) mass is 353 g/mol. The SMILES string of the molecule is Cc1ccc(C)c(NC(=O)c2cc(Nc3ccc(F)c(F)c3)ccn2)c1. The summed E-state index contributed by atoms with van der Waals surface area (Å²) in [5, 5.41) is 5.76. The van der Waals surface area contributed by atoms with E-state index in [2.05, 4.69) is 15.6 Å². The van der Waals surface area contributed by atoms with Crippen LogP contribution in [0.5, 0.6) is 0 Å². The number of hydrogen-bond donors (Lipinski definition) is 2. The van der Waals surface area contributed by atoms with Crippen molar-refractivity contribution in [1.82, 2.24) is 4.98 Å². The highest BCUT2D eigenvalue weighted by molar-refractivity contribution is 6.03. The molecule has 4 nitrogen and oxygen atoms in total. The zero-order valence-electron chi connectivity index (χ0n) is 14.3. The molecule has 1 aromatic heterocycles. The number of benzene rings is 2. The molecule has 0 aliphatic rings. The van der Waals surface area contributed by atoms with Crippen molar-refractivity contribution in [2.75, 3.05) is 10.6 Å². The Balaban J connectivity index is 1.78. The fraction of sp³-hybridized carbons (Fsp3) is 0.100. The Morgan fingerprint density at radius 1 is 0.923 bits per heavy atom. The van der Waals surface area contributed by atoms with Gasteiger partial charge < -0.3 is 10.6 Å². The van der Waals surface area contributed by atoms with Crippen molar-refractivity contribution in [3.63, 3.8) is 0 Å². The van der Waals surface area contributed by atoms with Gasteiger partial charge in [0, 0.05) is 29.3 Å². The Kier molecular flexibility index (Phi) is 4.93. The largest absolute Gasteiger partial charge is 0.355 e. The third-order valence-electron chi connectivity index (χ3n) is 3.84. The van der Waals surface area contributed by atoms with Crippen LogP contribution < -0.4 is 10.6 Å². The minimum absolute atomic E-state index is 0.207. The molecule has 1 heterocycles. The Hall–Kier alpha value is -3.28. The quantitative estimate of drug-likeness (QED) is 0.696. The van der Waals surface area contributed by atoms with Crippen LogP contribution in [-0.2, 0) is 0 Å². The van der Waals surface area contributed by atoms with Gasteiger partial charge in [0.25, 0.3) is 5.91 Å². The first kappa shape index (κ1) is 17.5. The predicted molar refractivity (Wildman–Crippen MR) is 97.7 cm³/mol. The van der Waals surface area contributed by atoms with Crippen LogP contribution in [-0.4, -0.2) is 10.9 Å². The molecule has 3 rings (SSSR count). The van der Waals surface area contributed by atoms with Crippen LogP contribution in [0.2, 0.25) is 0 Å². The minimum atomic E-state index is -0.947. The number of nitrogens with one attached hydrogen (secondary N) is 2. The van der Waals surface area contributed by atoms with E-state index in [1.54, 1.807) is 12.1 Å². The Bertz CT molecular complexity index is 973. The molecular weight excluding hydrogens is 336 g/mol. The lowest BCUT2D eigenvalue weighted by molar-refractivity contribution is 0.102. The third-order valence-corrected chi connectivity index (χ3v) is 3.84.